The Hall–Kier alpha value is -2.67. The number of nitrogens with one attached hydrogen (secondary N) is 3. The zero-order chi connectivity index (χ0) is 17.1. The third-order valence-electron chi connectivity index (χ3n) is 3.78. The van der Waals surface area contributed by atoms with E-state index in [-0.39, 0.29) is 22.3 Å². The van der Waals surface area contributed by atoms with Crippen LogP contribution in [0.4, 0.5) is 0 Å². The molecule has 1 aromatic carbocycles. The molecule has 0 aliphatic carbocycles. The van der Waals surface area contributed by atoms with Crippen LogP contribution in [0.5, 0.6) is 0 Å². The van der Waals surface area contributed by atoms with Crippen LogP contribution < -0.4 is 10.9 Å². The third kappa shape index (κ3) is 3.62. The van der Waals surface area contributed by atoms with Gasteiger partial charge in [-0.25, -0.2) is 0 Å². The molecule has 3 N–H and O–H groups in total. The Kier molecular flexibility index (Phi) is 4.61. The molecule has 0 saturated carbocycles. The molecule has 3 aromatic rings. The third-order valence-corrected chi connectivity index (χ3v) is 3.99. The summed E-state index contributed by atoms with van der Waals surface area (Å²) in [5.41, 5.74) is 0.746. The lowest BCUT2D eigenvalue weighted by atomic mass is 10.1. The molecule has 0 aliphatic heterocycles. The van der Waals surface area contributed by atoms with Gasteiger partial charge in [0.25, 0.3) is 11.5 Å². The van der Waals surface area contributed by atoms with Gasteiger partial charge in [-0.15, -0.1) is 0 Å². The molecule has 0 aliphatic rings. The normalized spacial score (nSPS) is 12.2. The van der Waals surface area contributed by atoms with E-state index in [4.69, 9.17) is 16.6 Å². The van der Waals surface area contributed by atoms with Crippen LogP contribution in [0.3, 0.4) is 0 Å². The van der Waals surface area contributed by atoms with Crippen molar-refractivity contribution in [3.63, 3.8) is 0 Å². The summed E-state index contributed by atoms with van der Waals surface area (Å²) in [6, 6.07) is 8.63. The highest BCUT2D eigenvalue weighted by atomic mass is 32.1. The van der Waals surface area contributed by atoms with Crippen LogP contribution in [0.1, 0.15) is 29.5 Å². The smallest absolute Gasteiger partial charge is 0.259 e. The predicted molar refractivity (Wildman–Crippen MR) is 93.7 cm³/mol. The molecule has 0 radical (unpaired) electrons. The lowest BCUT2D eigenvalue weighted by molar-refractivity contribution is 0.0938. The summed E-state index contributed by atoms with van der Waals surface area (Å²) in [5, 5.41) is 3.41. The van der Waals surface area contributed by atoms with Gasteiger partial charge in [0.05, 0.1) is 17.2 Å². The number of amides is 1. The number of carbonyl (C=O) groups excluding carboxylic acids is 1. The Morgan fingerprint density at radius 3 is 2.92 bits per heavy atom. The fraction of sp³-hybridized carbons (Fsp3) is 0.235. The first-order chi connectivity index (χ1) is 11.5. The minimum atomic E-state index is -0.271. The van der Waals surface area contributed by atoms with Crippen molar-refractivity contribution in [2.75, 3.05) is 0 Å². The van der Waals surface area contributed by atoms with Crippen molar-refractivity contribution in [3.8, 4) is 0 Å². The molecule has 0 spiro atoms. The Morgan fingerprint density at radius 2 is 2.17 bits per heavy atom. The molecule has 0 bridgehead atoms. The molecule has 7 heteroatoms. The lowest BCUT2D eigenvalue weighted by Gasteiger charge is -2.13. The second kappa shape index (κ2) is 6.84. The van der Waals surface area contributed by atoms with E-state index < -0.39 is 0 Å². The van der Waals surface area contributed by atoms with Crippen molar-refractivity contribution in [1.82, 2.24) is 15.3 Å². The van der Waals surface area contributed by atoms with Gasteiger partial charge >= 0.3 is 0 Å². The lowest BCUT2D eigenvalue weighted by Crippen LogP contribution is -2.32. The summed E-state index contributed by atoms with van der Waals surface area (Å²) in [4.78, 5) is 29.6. The topological polar surface area (TPSA) is 90.9 Å². The van der Waals surface area contributed by atoms with Crippen LogP contribution in [0.15, 0.2) is 45.8 Å². The molecule has 2 heterocycles. The van der Waals surface area contributed by atoms with Gasteiger partial charge in [0.15, 0.2) is 4.77 Å². The predicted octanol–water partition coefficient (Wildman–Crippen LogP) is 2.93. The second-order valence-corrected chi connectivity index (χ2v) is 6.07. The zero-order valence-corrected chi connectivity index (χ0v) is 13.9. The molecule has 0 fully saturated rings. The van der Waals surface area contributed by atoms with Crippen LogP contribution in [0.2, 0.25) is 0 Å². The zero-order valence-electron chi connectivity index (χ0n) is 13.1. The van der Waals surface area contributed by atoms with Crippen LogP contribution in [-0.4, -0.2) is 21.9 Å². The average Bonchev–Trinajstić information content (AvgIpc) is 3.05. The molecule has 6 nitrogen and oxygen atoms in total. The van der Waals surface area contributed by atoms with Gasteiger partial charge in [-0.1, -0.05) is 0 Å². The summed E-state index contributed by atoms with van der Waals surface area (Å²) in [6.45, 7) is 1.94. The number of hydrogen-bond acceptors (Lipinski definition) is 4. The maximum absolute atomic E-state index is 12.4. The number of furan rings is 1. The van der Waals surface area contributed by atoms with Crippen molar-refractivity contribution in [2.24, 2.45) is 0 Å². The Morgan fingerprint density at radius 1 is 1.33 bits per heavy atom. The molecule has 1 amide bonds. The number of H-pyrrole nitrogens is 2. The summed E-state index contributed by atoms with van der Waals surface area (Å²) < 4.78 is 5.52. The fourth-order valence-corrected chi connectivity index (χ4v) is 2.71. The van der Waals surface area contributed by atoms with Crippen molar-refractivity contribution >= 4 is 29.0 Å². The van der Waals surface area contributed by atoms with E-state index in [0.29, 0.717) is 16.5 Å². The number of aryl methyl sites for hydroxylation is 1. The maximum Gasteiger partial charge on any atom is 0.259 e. The van der Waals surface area contributed by atoms with Gasteiger partial charge in [0, 0.05) is 18.0 Å². The maximum atomic E-state index is 12.4. The van der Waals surface area contributed by atoms with E-state index in [0.717, 1.165) is 18.6 Å². The molecule has 3 rings (SSSR count). The van der Waals surface area contributed by atoms with Gasteiger partial charge in [-0.3, -0.25) is 14.6 Å². The largest absolute Gasteiger partial charge is 0.469 e. The van der Waals surface area contributed by atoms with Gasteiger partial charge in [0.1, 0.15) is 5.76 Å². The van der Waals surface area contributed by atoms with E-state index in [1.54, 1.807) is 24.5 Å². The second-order valence-electron chi connectivity index (χ2n) is 5.66. The number of aromatic amines is 2. The molecule has 0 saturated heterocycles. The monoisotopic (exact) mass is 343 g/mol. The Bertz CT molecular complexity index is 973. The quantitative estimate of drug-likeness (QED) is 0.621. The van der Waals surface area contributed by atoms with Crippen molar-refractivity contribution in [2.45, 2.75) is 25.8 Å². The number of fused-ring (bicyclic) bond motifs is 1. The highest BCUT2D eigenvalue weighted by Crippen LogP contribution is 2.11. The van der Waals surface area contributed by atoms with E-state index in [1.165, 1.54) is 0 Å². The van der Waals surface area contributed by atoms with Gasteiger partial charge in [-0.05, 0) is 55.9 Å². The first-order valence-electron chi connectivity index (χ1n) is 7.62. The highest BCUT2D eigenvalue weighted by molar-refractivity contribution is 7.71. The molecule has 0 unspecified atom stereocenters. The van der Waals surface area contributed by atoms with Gasteiger partial charge in [-0.2, -0.15) is 0 Å². The SMILES string of the molecule is C[C@@H](CCc1ccco1)NC(=O)c1ccc2c(=O)[nH]c(=S)[nH]c2c1. The number of benzene rings is 1. The molecular weight excluding hydrogens is 326 g/mol. The summed E-state index contributed by atoms with van der Waals surface area (Å²) in [5.74, 6) is 0.706. The van der Waals surface area contributed by atoms with Crippen LogP contribution in [0, 0.1) is 4.77 Å². The molecule has 1 atom stereocenters. The first kappa shape index (κ1) is 16.2. The first-order valence-corrected chi connectivity index (χ1v) is 8.03. The number of rotatable bonds is 5. The minimum Gasteiger partial charge on any atom is -0.469 e. The Balaban J connectivity index is 1.71. The molecule has 24 heavy (non-hydrogen) atoms. The molecule has 124 valence electrons. The van der Waals surface area contributed by atoms with E-state index in [2.05, 4.69) is 15.3 Å². The van der Waals surface area contributed by atoms with E-state index >= 15 is 0 Å². The molecule has 2 aromatic heterocycles. The standard InChI is InChI=1S/C17H17N3O3S/c1-10(4-6-12-3-2-8-23-12)18-15(21)11-5-7-13-14(9-11)19-17(24)20-16(13)22/h2-3,5,7-10H,4,6H2,1H3,(H,18,21)(H2,19,20,22,24)/t10-/m0/s1. The average molecular weight is 343 g/mol. The highest BCUT2D eigenvalue weighted by Gasteiger charge is 2.12. The summed E-state index contributed by atoms with van der Waals surface area (Å²) >= 11 is 4.96. The van der Waals surface area contributed by atoms with Gasteiger partial charge in [0.2, 0.25) is 0 Å². The number of aromatic nitrogens is 2. The Labute approximate surface area is 142 Å². The molecular formula is C17H17N3O3S. The van der Waals surface area contributed by atoms with E-state index in [1.807, 2.05) is 19.1 Å². The van der Waals surface area contributed by atoms with Gasteiger partial charge < -0.3 is 14.7 Å². The number of carbonyl (C=O) groups is 1. The van der Waals surface area contributed by atoms with Crippen LogP contribution in [0.25, 0.3) is 10.9 Å². The van der Waals surface area contributed by atoms with Crippen LogP contribution in [-0.2, 0) is 6.42 Å². The van der Waals surface area contributed by atoms with Crippen molar-refractivity contribution in [3.05, 3.63) is 63.0 Å². The van der Waals surface area contributed by atoms with Crippen molar-refractivity contribution < 1.29 is 9.21 Å². The fourth-order valence-electron chi connectivity index (χ4n) is 2.50. The van der Waals surface area contributed by atoms with Crippen LogP contribution >= 0.6 is 12.2 Å². The number of hydrogen-bond donors (Lipinski definition) is 3. The van der Waals surface area contributed by atoms with Crippen molar-refractivity contribution in [1.29, 1.82) is 0 Å². The van der Waals surface area contributed by atoms with E-state index in [9.17, 15) is 9.59 Å². The summed E-state index contributed by atoms with van der Waals surface area (Å²) in [6.07, 6.45) is 3.17. The summed E-state index contributed by atoms with van der Waals surface area (Å²) in [7, 11) is 0. The minimum absolute atomic E-state index is 0.00373.